The first kappa shape index (κ1) is 12.0. The van der Waals surface area contributed by atoms with Crippen LogP contribution in [0.2, 0.25) is 0 Å². The van der Waals surface area contributed by atoms with Crippen LogP contribution in [0.4, 0.5) is 11.9 Å². The quantitative estimate of drug-likeness (QED) is 0.598. The van der Waals surface area contributed by atoms with Crippen LogP contribution in [0.3, 0.4) is 0 Å². The van der Waals surface area contributed by atoms with Crippen LogP contribution in [-0.4, -0.2) is 46.4 Å². The van der Waals surface area contributed by atoms with Crippen LogP contribution in [0.1, 0.15) is 5.82 Å². The lowest BCUT2D eigenvalue weighted by Crippen LogP contribution is -2.13. The van der Waals surface area contributed by atoms with E-state index < -0.39 is 0 Å². The number of aromatic nitrogens is 8. The zero-order valence-corrected chi connectivity index (χ0v) is 10.2. The predicted octanol–water partition coefficient (Wildman–Crippen LogP) is -0.928. The summed E-state index contributed by atoms with van der Waals surface area (Å²) in [6, 6.07) is 0. The SMILES string of the molecule is Nc1nc(NCCc2ncon2)nc(-n2cncn2)n1. The van der Waals surface area contributed by atoms with Crippen molar-refractivity contribution >= 4 is 11.9 Å². The van der Waals surface area contributed by atoms with Gasteiger partial charge in [0.15, 0.2) is 5.82 Å². The summed E-state index contributed by atoms with van der Waals surface area (Å²) < 4.78 is 6.03. The number of hydrogen-bond donors (Lipinski definition) is 2. The van der Waals surface area contributed by atoms with Crippen LogP contribution < -0.4 is 11.1 Å². The topological polar surface area (TPSA) is 146 Å². The number of hydrogen-bond acceptors (Lipinski definition) is 10. The summed E-state index contributed by atoms with van der Waals surface area (Å²) in [5, 5.41) is 10.6. The Balaban J connectivity index is 1.70. The molecule has 0 aromatic carbocycles. The third-order valence-electron chi connectivity index (χ3n) is 2.30. The fourth-order valence-corrected chi connectivity index (χ4v) is 1.46. The van der Waals surface area contributed by atoms with Crippen LogP contribution in [0.25, 0.3) is 5.95 Å². The van der Waals surface area contributed by atoms with Gasteiger partial charge >= 0.3 is 0 Å². The lowest BCUT2D eigenvalue weighted by Gasteiger charge is -2.05. The maximum Gasteiger partial charge on any atom is 0.258 e. The van der Waals surface area contributed by atoms with Crippen LogP contribution in [0.15, 0.2) is 23.6 Å². The zero-order chi connectivity index (χ0) is 13.8. The Morgan fingerprint density at radius 1 is 1.30 bits per heavy atom. The Morgan fingerprint density at radius 3 is 3.00 bits per heavy atom. The summed E-state index contributed by atoms with van der Waals surface area (Å²) in [5.74, 6) is 1.31. The second-order valence-electron chi connectivity index (χ2n) is 3.68. The second kappa shape index (κ2) is 5.26. The van der Waals surface area contributed by atoms with Gasteiger partial charge in [0.1, 0.15) is 12.7 Å². The molecule has 0 spiro atoms. The third kappa shape index (κ3) is 2.66. The molecule has 3 N–H and O–H groups in total. The van der Waals surface area contributed by atoms with E-state index in [2.05, 4.69) is 45.0 Å². The molecular formula is C9H10N10O. The Labute approximate surface area is 112 Å². The minimum atomic E-state index is 0.0903. The van der Waals surface area contributed by atoms with Gasteiger partial charge in [-0.05, 0) is 0 Å². The Bertz CT molecular complexity index is 664. The van der Waals surface area contributed by atoms with Crippen molar-refractivity contribution in [3.63, 3.8) is 0 Å². The molecule has 0 saturated heterocycles. The van der Waals surface area contributed by atoms with Crippen molar-refractivity contribution in [2.45, 2.75) is 6.42 Å². The van der Waals surface area contributed by atoms with Crippen molar-refractivity contribution in [1.82, 2.24) is 39.9 Å². The molecule has 3 aromatic heterocycles. The fraction of sp³-hybridized carbons (Fsp3) is 0.222. The number of anilines is 2. The molecular weight excluding hydrogens is 264 g/mol. The van der Waals surface area contributed by atoms with E-state index in [1.54, 1.807) is 0 Å². The van der Waals surface area contributed by atoms with Crippen LogP contribution in [0, 0.1) is 0 Å². The molecule has 11 heteroatoms. The van der Waals surface area contributed by atoms with E-state index in [4.69, 9.17) is 5.73 Å². The summed E-state index contributed by atoms with van der Waals surface area (Å²) in [6.07, 6.45) is 4.70. The minimum absolute atomic E-state index is 0.0903. The smallest absolute Gasteiger partial charge is 0.258 e. The molecule has 0 amide bonds. The number of rotatable bonds is 5. The summed E-state index contributed by atoms with van der Waals surface area (Å²) in [4.78, 5) is 19.9. The monoisotopic (exact) mass is 274 g/mol. The third-order valence-corrected chi connectivity index (χ3v) is 2.30. The molecule has 0 saturated carbocycles. The number of nitrogens with zero attached hydrogens (tertiary/aromatic N) is 8. The van der Waals surface area contributed by atoms with Gasteiger partial charge in [-0.1, -0.05) is 5.16 Å². The van der Waals surface area contributed by atoms with Gasteiger partial charge in [0.25, 0.3) is 5.95 Å². The molecule has 0 unspecified atom stereocenters. The Hall–Kier alpha value is -3.11. The van der Waals surface area contributed by atoms with E-state index in [1.165, 1.54) is 23.7 Å². The van der Waals surface area contributed by atoms with Gasteiger partial charge in [-0.25, -0.2) is 4.98 Å². The van der Waals surface area contributed by atoms with E-state index in [-0.39, 0.29) is 11.9 Å². The summed E-state index contributed by atoms with van der Waals surface area (Å²) in [5.41, 5.74) is 5.63. The molecule has 3 heterocycles. The zero-order valence-electron chi connectivity index (χ0n) is 10.2. The van der Waals surface area contributed by atoms with Crippen LogP contribution >= 0.6 is 0 Å². The highest BCUT2D eigenvalue weighted by molar-refractivity contribution is 5.34. The molecule has 20 heavy (non-hydrogen) atoms. The van der Waals surface area contributed by atoms with Gasteiger partial charge in [-0.15, -0.1) is 0 Å². The summed E-state index contributed by atoms with van der Waals surface area (Å²) >= 11 is 0. The second-order valence-corrected chi connectivity index (χ2v) is 3.68. The maximum absolute atomic E-state index is 5.63. The molecule has 3 rings (SSSR count). The normalized spacial score (nSPS) is 10.6. The molecule has 11 nitrogen and oxygen atoms in total. The number of nitrogen functional groups attached to an aromatic ring is 1. The first-order chi connectivity index (χ1) is 9.81. The molecule has 3 aromatic rings. The summed E-state index contributed by atoms with van der Waals surface area (Å²) in [6.45, 7) is 0.528. The molecule has 0 fully saturated rings. The van der Waals surface area contributed by atoms with Crippen molar-refractivity contribution in [3.05, 3.63) is 24.9 Å². The maximum atomic E-state index is 5.63. The van der Waals surface area contributed by atoms with E-state index in [0.717, 1.165) is 0 Å². The van der Waals surface area contributed by atoms with E-state index in [9.17, 15) is 0 Å². The van der Waals surface area contributed by atoms with Crippen LogP contribution in [0.5, 0.6) is 0 Å². The first-order valence-corrected chi connectivity index (χ1v) is 5.67. The predicted molar refractivity (Wildman–Crippen MR) is 65.6 cm³/mol. The molecule has 102 valence electrons. The molecule has 0 aliphatic heterocycles. The van der Waals surface area contributed by atoms with E-state index in [1.807, 2.05) is 0 Å². The van der Waals surface area contributed by atoms with Gasteiger partial charge in [-0.2, -0.15) is 29.7 Å². The van der Waals surface area contributed by atoms with Crippen molar-refractivity contribution in [2.75, 3.05) is 17.6 Å². The Morgan fingerprint density at radius 2 is 2.25 bits per heavy atom. The molecule has 0 aliphatic rings. The highest BCUT2D eigenvalue weighted by atomic mass is 16.5. The average Bonchev–Trinajstić information content (AvgIpc) is 3.11. The molecule has 0 atom stereocenters. The van der Waals surface area contributed by atoms with Crippen molar-refractivity contribution < 1.29 is 4.52 Å². The van der Waals surface area contributed by atoms with Gasteiger partial charge in [0.05, 0.1) is 0 Å². The van der Waals surface area contributed by atoms with E-state index in [0.29, 0.717) is 24.7 Å². The number of nitrogens with one attached hydrogen (secondary N) is 1. The lowest BCUT2D eigenvalue weighted by atomic mass is 10.4. The highest BCUT2D eigenvalue weighted by Crippen LogP contribution is 2.05. The van der Waals surface area contributed by atoms with E-state index >= 15 is 0 Å². The first-order valence-electron chi connectivity index (χ1n) is 5.67. The van der Waals surface area contributed by atoms with Crippen molar-refractivity contribution in [3.8, 4) is 5.95 Å². The molecule has 0 radical (unpaired) electrons. The van der Waals surface area contributed by atoms with Gasteiger partial charge < -0.3 is 15.6 Å². The lowest BCUT2D eigenvalue weighted by molar-refractivity contribution is 0.410. The minimum Gasteiger partial charge on any atom is -0.368 e. The van der Waals surface area contributed by atoms with Crippen molar-refractivity contribution in [1.29, 1.82) is 0 Å². The average molecular weight is 274 g/mol. The van der Waals surface area contributed by atoms with Gasteiger partial charge in [0.2, 0.25) is 18.3 Å². The number of nitrogens with two attached hydrogens (primary N) is 1. The standard InChI is InChI=1S/C9H10N10O/c10-7-15-8(12-2-1-6-13-5-20-18-6)17-9(16-7)19-4-11-3-14-19/h3-5H,1-2H2,(H3,10,12,15,16,17). The molecule has 0 bridgehead atoms. The Kier molecular flexibility index (Phi) is 3.14. The highest BCUT2D eigenvalue weighted by Gasteiger charge is 2.07. The van der Waals surface area contributed by atoms with Gasteiger partial charge in [0, 0.05) is 13.0 Å². The fourth-order valence-electron chi connectivity index (χ4n) is 1.46. The van der Waals surface area contributed by atoms with Crippen LogP contribution in [-0.2, 0) is 6.42 Å². The summed E-state index contributed by atoms with van der Waals surface area (Å²) in [7, 11) is 0. The molecule has 0 aliphatic carbocycles. The van der Waals surface area contributed by atoms with Crippen molar-refractivity contribution in [2.24, 2.45) is 0 Å². The van der Waals surface area contributed by atoms with Gasteiger partial charge in [-0.3, -0.25) is 0 Å². The largest absolute Gasteiger partial charge is 0.368 e.